The molecule has 0 radical (unpaired) electrons. The van der Waals surface area contributed by atoms with Crippen molar-refractivity contribution in [2.45, 2.75) is 58.7 Å². The number of thiophene rings is 1. The fourth-order valence-corrected chi connectivity index (χ4v) is 5.47. The van der Waals surface area contributed by atoms with Crippen LogP contribution in [0.5, 0.6) is 0 Å². The summed E-state index contributed by atoms with van der Waals surface area (Å²) in [6.07, 6.45) is 4.55. The predicted molar refractivity (Wildman–Crippen MR) is 137 cm³/mol. The lowest BCUT2D eigenvalue weighted by atomic mass is 10.0. The lowest BCUT2D eigenvalue weighted by molar-refractivity contribution is 0.0934. The number of pyridine rings is 1. The molecule has 1 saturated heterocycles. The van der Waals surface area contributed by atoms with Gasteiger partial charge in [0.15, 0.2) is 0 Å². The molecule has 0 unspecified atom stereocenters. The Morgan fingerprint density at radius 3 is 2.82 bits per heavy atom. The first kappa shape index (κ1) is 25.9. The number of hydrogen-bond donors (Lipinski definition) is 2. The van der Waals surface area contributed by atoms with Crippen molar-refractivity contribution in [3.05, 3.63) is 50.4 Å². The predicted octanol–water partition coefficient (Wildman–Crippen LogP) is 3.68. The SMILES string of the molecule is Cc1cc(Cl)nc(C)c1C(=O)NCC[C@@H](C)N1CCC(N(Cc2ccsc2)C(N)=NC#N)CC1. The van der Waals surface area contributed by atoms with E-state index in [9.17, 15) is 4.79 Å². The van der Waals surface area contributed by atoms with E-state index in [1.807, 2.05) is 18.5 Å². The molecule has 2 aromatic rings. The highest BCUT2D eigenvalue weighted by atomic mass is 35.5. The molecule has 3 heterocycles. The number of carbonyl (C=O) groups excluding carboxylic acids is 1. The van der Waals surface area contributed by atoms with Gasteiger partial charge < -0.3 is 20.9 Å². The smallest absolute Gasteiger partial charge is 0.253 e. The van der Waals surface area contributed by atoms with Crippen molar-refractivity contribution in [1.82, 2.24) is 20.1 Å². The third-order valence-electron chi connectivity index (χ3n) is 6.40. The summed E-state index contributed by atoms with van der Waals surface area (Å²) in [5.74, 6) is 0.173. The van der Waals surface area contributed by atoms with Gasteiger partial charge in [-0.15, -0.1) is 4.99 Å². The Bertz CT molecular complexity index is 1020. The summed E-state index contributed by atoms with van der Waals surface area (Å²) in [4.78, 5) is 25.2. The summed E-state index contributed by atoms with van der Waals surface area (Å²) < 4.78 is 0. The lowest BCUT2D eigenvalue weighted by Crippen LogP contribution is -2.51. The first-order chi connectivity index (χ1) is 16.3. The minimum absolute atomic E-state index is 0.110. The second-order valence-corrected chi connectivity index (χ2v) is 9.88. The lowest BCUT2D eigenvalue weighted by Gasteiger charge is -2.41. The normalized spacial score (nSPS) is 16.1. The number of nitrogens with two attached hydrogens (primary N) is 1. The standard InChI is InChI=1S/C24H32ClN7OS/c1-16-12-21(25)30-18(3)22(16)23(33)28-8-4-17(2)31-9-5-20(6-10-31)32(24(27)29-15-26)13-19-7-11-34-14-19/h7,11-12,14,17,20H,4-6,8-10,13H2,1-3H3,(H2,27,29)(H,28,33)/t17-/m1/s1. The topological polar surface area (TPSA) is 111 Å². The zero-order valence-electron chi connectivity index (χ0n) is 19.9. The van der Waals surface area contributed by atoms with Crippen molar-refractivity contribution in [3.63, 3.8) is 0 Å². The minimum atomic E-state index is -0.110. The third kappa shape index (κ3) is 6.69. The number of halogens is 1. The monoisotopic (exact) mass is 501 g/mol. The second-order valence-electron chi connectivity index (χ2n) is 8.71. The number of nitrogens with one attached hydrogen (secondary N) is 1. The van der Waals surface area contributed by atoms with Crippen LogP contribution in [0.4, 0.5) is 0 Å². The number of aromatic nitrogens is 1. The van der Waals surface area contributed by atoms with Crippen LogP contribution in [0, 0.1) is 25.3 Å². The largest absolute Gasteiger partial charge is 0.369 e. The van der Waals surface area contributed by atoms with Crippen LogP contribution < -0.4 is 11.1 Å². The molecule has 0 saturated carbocycles. The number of aliphatic imine (C=N–C) groups is 1. The zero-order chi connectivity index (χ0) is 24.7. The Kier molecular flexibility index (Phi) is 9.28. The second kappa shape index (κ2) is 12.2. The van der Waals surface area contributed by atoms with E-state index < -0.39 is 0 Å². The number of hydrogen-bond acceptors (Lipinski definition) is 6. The third-order valence-corrected chi connectivity index (χ3v) is 7.32. The van der Waals surface area contributed by atoms with Gasteiger partial charge in [0.25, 0.3) is 5.91 Å². The molecule has 2 aromatic heterocycles. The van der Waals surface area contributed by atoms with Crippen molar-refractivity contribution < 1.29 is 4.79 Å². The molecule has 0 bridgehead atoms. The van der Waals surface area contributed by atoms with Gasteiger partial charge in [0.05, 0.1) is 11.3 Å². The van der Waals surface area contributed by atoms with Gasteiger partial charge in [-0.3, -0.25) is 4.79 Å². The van der Waals surface area contributed by atoms with E-state index in [4.69, 9.17) is 22.6 Å². The summed E-state index contributed by atoms with van der Waals surface area (Å²) >= 11 is 7.63. The molecule has 1 amide bonds. The molecular weight excluding hydrogens is 470 g/mol. The summed E-state index contributed by atoms with van der Waals surface area (Å²) in [7, 11) is 0. The van der Waals surface area contributed by atoms with Gasteiger partial charge in [-0.25, -0.2) is 4.98 Å². The summed E-state index contributed by atoms with van der Waals surface area (Å²) in [6, 6.07) is 4.36. The molecule has 182 valence electrons. The number of piperidine rings is 1. The number of nitrogens with zero attached hydrogens (tertiary/aromatic N) is 5. The quantitative estimate of drug-likeness (QED) is 0.247. The molecule has 1 aliphatic heterocycles. The number of nitriles is 1. The van der Waals surface area contributed by atoms with Crippen LogP contribution in [0.2, 0.25) is 5.15 Å². The number of amides is 1. The molecule has 8 nitrogen and oxygen atoms in total. The van der Waals surface area contributed by atoms with Gasteiger partial charge in [0, 0.05) is 38.3 Å². The highest BCUT2D eigenvalue weighted by Gasteiger charge is 2.28. The van der Waals surface area contributed by atoms with Crippen molar-refractivity contribution >= 4 is 34.8 Å². The highest BCUT2D eigenvalue weighted by Crippen LogP contribution is 2.22. The maximum absolute atomic E-state index is 12.7. The van der Waals surface area contributed by atoms with E-state index in [2.05, 4.69) is 43.5 Å². The molecule has 1 fully saturated rings. The molecule has 3 N–H and O–H groups in total. The summed E-state index contributed by atoms with van der Waals surface area (Å²) in [5.41, 5.74) is 9.38. The molecule has 34 heavy (non-hydrogen) atoms. The number of rotatable bonds is 8. The zero-order valence-corrected chi connectivity index (χ0v) is 21.5. The average Bonchev–Trinajstić information content (AvgIpc) is 3.30. The van der Waals surface area contributed by atoms with Crippen molar-refractivity contribution in [3.8, 4) is 6.19 Å². The van der Waals surface area contributed by atoms with Gasteiger partial charge >= 0.3 is 0 Å². The van der Waals surface area contributed by atoms with Gasteiger partial charge in [-0.2, -0.15) is 16.6 Å². The highest BCUT2D eigenvalue weighted by molar-refractivity contribution is 7.07. The number of aryl methyl sites for hydroxylation is 2. The summed E-state index contributed by atoms with van der Waals surface area (Å²) in [6.45, 7) is 8.98. The minimum Gasteiger partial charge on any atom is -0.369 e. The molecule has 10 heteroatoms. The van der Waals surface area contributed by atoms with Crippen molar-refractivity contribution in [2.24, 2.45) is 10.7 Å². The Morgan fingerprint density at radius 1 is 1.47 bits per heavy atom. The Hall–Kier alpha value is -2.67. The fourth-order valence-electron chi connectivity index (χ4n) is 4.52. The summed E-state index contributed by atoms with van der Waals surface area (Å²) in [5, 5.41) is 16.5. The molecule has 1 atom stereocenters. The van der Waals surface area contributed by atoms with E-state index in [0.29, 0.717) is 35.5 Å². The van der Waals surface area contributed by atoms with Crippen LogP contribution in [0.25, 0.3) is 0 Å². The molecule has 0 spiro atoms. The van der Waals surface area contributed by atoms with E-state index in [0.717, 1.165) is 37.9 Å². The molecular formula is C24H32ClN7OS. The van der Waals surface area contributed by atoms with Gasteiger partial charge in [-0.05, 0) is 74.1 Å². The number of carbonyl (C=O) groups is 1. The molecule has 0 aromatic carbocycles. The van der Waals surface area contributed by atoms with Crippen molar-refractivity contribution in [1.29, 1.82) is 5.26 Å². The Balaban J connectivity index is 1.50. The number of guanidine groups is 1. The first-order valence-corrected chi connectivity index (χ1v) is 12.8. The van der Waals surface area contributed by atoms with Crippen LogP contribution in [-0.2, 0) is 6.54 Å². The number of likely N-dealkylation sites (tertiary alicyclic amines) is 1. The van der Waals surface area contributed by atoms with E-state index in [-0.39, 0.29) is 17.9 Å². The fraction of sp³-hybridized carbons (Fsp3) is 0.500. The molecule has 3 rings (SSSR count). The van der Waals surface area contributed by atoms with Crippen molar-refractivity contribution in [2.75, 3.05) is 19.6 Å². The van der Waals surface area contributed by atoms with E-state index in [1.54, 1.807) is 24.3 Å². The van der Waals surface area contributed by atoms with Crippen LogP contribution in [0.15, 0.2) is 27.9 Å². The first-order valence-electron chi connectivity index (χ1n) is 11.5. The van der Waals surface area contributed by atoms with Crippen LogP contribution in [-0.4, -0.2) is 58.4 Å². The molecule has 0 aliphatic carbocycles. The Morgan fingerprint density at radius 2 is 2.21 bits per heavy atom. The van der Waals surface area contributed by atoms with E-state index in [1.165, 1.54) is 5.56 Å². The van der Waals surface area contributed by atoms with Crippen LogP contribution in [0.3, 0.4) is 0 Å². The molecule has 1 aliphatic rings. The average molecular weight is 502 g/mol. The van der Waals surface area contributed by atoms with Crippen LogP contribution in [0.1, 0.15) is 53.4 Å². The van der Waals surface area contributed by atoms with Crippen LogP contribution >= 0.6 is 22.9 Å². The Labute approximate surface area is 210 Å². The maximum atomic E-state index is 12.7. The van der Waals surface area contributed by atoms with Gasteiger partial charge in [0.2, 0.25) is 12.2 Å². The van der Waals surface area contributed by atoms with Gasteiger partial charge in [0.1, 0.15) is 5.15 Å². The maximum Gasteiger partial charge on any atom is 0.253 e. The van der Waals surface area contributed by atoms with Gasteiger partial charge in [-0.1, -0.05) is 11.6 Å². The van der Waals surface area contributed by atoms with E-state index >= 15 is 0 Å².